The Balaban J connectivity index is 1.45. The van der Waals surface area contributed by atoms with E-state index in [0.717, 1.165) is 31.6 Å². The maximum atomic E-state index is 12.2. The fourth-order valence-electron chi connectivity index (χ4n) is 2.95. The summed E-state index contributed by atoms with van der Waals surface area (Å²) in [6.45, 7) is 7.17. The number of amides is 1. The average molecular weight is 332 g/mol. The molecule has 0 bridgehead atoms. The summed E-state index contributed by atoms with van der Waals surface area (Å²) < 4.78 is 3.22. The molecule has 0 atom stereocenters. The summed E-state index contributed by atoms with van der Waals surface area (Å²) in [5.74, 6) is -0.0183. The van der Waals surface area contributed by atoms with Gasteiger partial charge >= 0.3 is 0 Å². The van der Waals surface area contributed by atoms with Crippen LogP contribution in [-0.4, -0.2) is 65.7 Å². The normalized spacial score (nSPS) is 16.6. The summed E-state index contributed by atoms with van der Waals surface area (Å²) in [4.78, 5) is 18.5. The van der Waals surface area contributed by atoms with Crippen molar-refractivity contribution in [1.82, 2.24) is 40.0 Å². The molecule has 1 N–H and O–H groups in total. The van der Waals surface area contributed by atoms with Crippen LogP contribution < -0.4 is 5.32 Å². The highest BCUT2D eigenvalue weighted by atomic mass is 16.2. The molecule has 0 radical (unpaired) electrons. The summed E-state index contributed by atoms with van der Waals surface area (Å²) in [5.41, 5.74) is 0.749. The zero-order valence-electron chi connectivity index (χ0n) is 14.2. The Hall–Kier alpha value is -2.29. The Morgan fingerprint density at radius 1 is 1.33 bits per heavy atom. The van der Waals surface area contributed by atoms with Gasteiger partial charge in [0, 0.05) is 25.2 Å². The Morgan fingerprint density at radius 2 is 2.12 bits per heavy atom. The van der Waals surface area contributed by atoms with Crippen molar-refractivity contribution < 1.29 is 4.79 Å². The highest BCUT2D eigenvalue weighted by Gasteiger charge is 2.22. The lowest BCUT2D eigenvalue weighted by molar-refractivity contribution is -0.122. The van der Waals surface area contributed by atoms with Gasteiger partial charge in [0.2, 0.25) is 5.91 Å². The minimum absolute atomic E-state index is 0.0183. The first kappa shape index (κ1) is 16.6. The molecule has 0 spiro atoms. The van der Waals surface area contributed by atoms with Crippen LogP contribution in [0, 0.1) is 0 Å². The van der Waals surface area contributed by atoms with Crippen LogP contribution in [0.5, 0.6) is 0 Å². The molecule has 1 amide bonds. The fraction of sp³-hybridized carbons (Fsp3) is 0.667. The Morgan fingerprint density at radius 3 is 2.79 bits per heavy atom. The molecule has 0 saturated carbocycles. The van der Waals surface area contributed by atoms with Gasteiger partial charge in [-0.05, 0) is 26.7 Å². The van der Waals surface area contributed by atoms with Gasteiger partial charge in [-0.1, -0.05) is 5.21 Å². The first-order chi connectivity index (χ1) is 11.6. The lowest BCUT2D eigenvalue weighted by atomic mass is 10.0. The van der Waals surface area contributed by atoms with Crippen molar-refractivity contribution in [2.24, 2.45) is 0 Å². The zero-order valence-corrected chi connectivity index (χ0v) is 14.2. The van der Waals surface area contributed by atoms with Crippen molar-refractivity contribution in [1.29, 1.82) is 0 Å². The molecule has 24 heavy (non-hydrogen) atoms. The van der Waals surface area contributed by atoms with Gasteiger partial charge < -0.3 is 10.2 Å². The van der Waals surface area contributed by atoms with Gasteiger partial charge in [-0.3, -0.25) is 4.79 Å². The van der Waals surface area contributed by atoms with E-state index < -0.39 is 0 Å². The second kappa shape index (κ2) is 7.52. The molecular formula is C15H24N8O. The van der Waals surface area contributed by atoms with E-state index in [9.17, 15) is 4.79 Å². The van der Waals surface area contributed by atoms with E-state index in [1.54, 1.807) is 21.9 Å². The van der Waals surface area contributed by atoms with Gasteiger partial charge in [0.1, 0.15) is 24.9 Å². The second-order valence-corrected chi connectivity index (χ2v) is 6.47. The molecule has 9 nitrogen and oxygen atoms in total. The monoisotopic (exact) mass is 332 g/mol. The van der Waals surface area contributed by atoms with E-state index in [1.807, 2.05) is 0 Å². The lowest BCUT2D eigenvalue weighted by Crippen LogP contribution is -2.47. The van der Waals surface area contributed by atoms with E-state index in [4.69, 9.17) is 0 Å². The number of carbonyl (C=O) groups excluding carboxylic acids is 1. The van der Waals surface area contributed by atoms with Gasteiger partial charge in [-0.15, -0.1) is 5.10 Å². The standard InChI is InChI=1S/C15H24N8O/c1-12(2)21-5-3-13(4-6-21)18-15(24)9-22-7-14(19-20-22)8-23-11-16-10-17-23/h7,10-13H,3-6,8-9H2,1-2H3,(H,18,24). The molecule has 0 aliphatic carbocycles. The molecule has 0 aromatic carbocycles. The van der Waals surface area contributed by atoms with E-state index in [1.165, 1.54) is 6.33 Å². The third kappa shape index (κ3) is 4.38. The number of piperidine rings is 1. The predicted octanol–water partition coefficient (Wildman–Crippen LogP) is -0.0931. The highest BCUT2D eigenvalue weighted by Crippen LogP contribution is 2.12. The van der Waals surface area contributed by atoms with Crippen molar-refractivity contribution in [2.45, 2.75) is 51.9 Å². The van der Waals surface area contributed by atoms with E-state index in [-0.39, 0.29) is 18.5 Å². The van der Waals surface area contributed by atoms with E-state index in [2.05, 4.69) is 44.5 Å². The van der Waals surface area contributed by atoms with Crippen molar-refractivity contribution >= 4 is 5.91 Å². The molecule has 3 rings (SSSR count). The van der Waals surface area contributed by atoms with Crippen LogP contribution in [0.15, 0.2) is 18.9 Å². The van der Waals surface area contributed by atoms with Gasteiger partial charge in [0.25, 0.3) is 0 Å². The van der Waals surface area contributed by atoms with Crippen molar-refractivity contribution in [3.05, 3.63) is 24.5 Å². The van der Waals surface area contributed by atoms with Gasteiger partial charge in [0.05, 0.1) is 12.7 Å². The molecule has 2 aromatic heterocycles. The van der Waals surface area contributed by atoms with Crippen molar-refractivity contribution in [3.8, 4) is 0 Å². The minimum Gasteiger partial charge on any atom is -0.352 e. The molecule has 1 aliphatic heterocycles. The Bertz CT molecular complexity index is 642. The summed E-state index contributed by atoms with van der Waals surface area (Å²) in [7, 11) is 0. The van der Waals surface area contributed by atoms with E-state index >= 15 is 0 Å². The summed E-state index contributed by atoms with van der Waals surface area (Å²) in [6.07, 6.45) is 6.86. The number of nitrogens with zero attached hydrogens (tertiary/aromatic N) is 7. The molecular weight excluding hydrogens is 308 g/mol. The number of carbonyl (C=O) groups is 1. The fourth-order valence-corrected chi connectivity index (χ4v) is 2.95. The topological polar surface area (TPSA) is 93.8 Å². The molecule has 130 valence electrons. The number of hydrogen-bond donors (Lipinski definition) is 1. The summed E-state index contributed by atoms with van der Waals surface area (Å²) in [5, 5.41) is 15.2. The van der Waals surface area contributed by atoms with E-state index in [0.29, 0.717) is 12.6 Å². The smallest absolute Gasteiger partial charge is 0.242 e. The molecule has 9 heteroatoms. The number of nitrogens with one attached hydrogen (secondary N) is 1. The van der Waals surface area contributed by atoms with Crippen LogP contribution in [0.4, 0.5) is 0 Å². The number of likely N-dealkylation sites (tertiary alicyclic amines) is 1. The molecule has 1 saturated heterocycles. The SMILES string of the molecule is CC(C)N1CCC(NC(=O)Cn2cc(Cn3cncn3)nn2)CC1. The first-order valence-corrected chi connectivity index (χ1v) is 8.35. The summed E-state index contributed by atoms with van der Waals surface area (Å²) >= 11 is 0. The lowest BCUT2D eigenvalue weighted by Gasteiger charge is -2.34. The maximum absolute atomic E-state index is 12.2. The minimum atomic E-state index is -0.0183. The maximum Gasteiger partial charge on any atom is 0.242 e. The largest absolute Gasteiger partial charge is 0.352 e. The van der Waals surface area contributed by atoms with Crippen molar-refractivity contribution in [2.75, 3.05) is 13.1 Å². The highest BCUT2D eigenvalue weighted by molar-refractivity contribution is 5.75. The number of rotatable bonds is 6. The molecule has 2 aromatic rings. The quantitative estimate of drug-likeness (QED) is 0.794. The predicted molar refractivity (Wildman–Crippen MR) is 87.0 cm³/mol. The van der Waals surface area contributed by atoms with Gasteiger partial charge in [0.15, 0.2) is 0 Å². The Kier molecular flexibility index (Phi) is 5.19. The molecule has 1 aliphatic rings. The second-order valence-electron chi connectivity index (χ2n) is 6.47. The third-order valence-corrected chi connectivity index (χ3v) is 4.31. The van der Waals surface area contributed by atoms with Crippen LogP contribution in [0.2, 0.25) is 0 Å². The number of hydrogen-bond acceptors (Lipinski definition) is 6. The third-order valence-electron chi connectivity index (χ3n) is 4.31. The molecule has 3 heterocycles. The van der Waals surface area contributed by atoms with Crippen LogP contribution in [0.25, 0.3) is 0 Å². The van der Waals surface area contributed by atoms with Crippen LogP contribution in [0.1, 0.15) is 32.4 Å². The van der Waals surface area contributed by atoms with Gasteiger partial charge in [-0.25, -0.2) is 14.3 Å². The Labute approximate surface area is 141 Å². The van der Waals surface area contributed by atoms with Crippen LogP contribution >= 0.6 is 0 Å². The first-order valence-electron chi connectivity index (χ1n) is 8.35. The average Bonchev–Trinajstić information content (AvgIpc) is 3.20. The zero-order chi connectivity index (χ0) is 16.9. The van der Waals surface area contributed by atoms with Gasteiger partial charge in [-0.2, -0.15) is 5.10 Å². The summed E-state index contributed by atoms with van der Waals surface area (Å²) in [6, 6.07) is 0.825. The van der Waals surface area contributed by atoms with Crippen molar-refractivity contribution in [3.63, 3.8) is 0 Å². The van der Waals surface area contributed by atoms with Crippen LogP contribution in [-0.2, 0) is 17.9 Å². The molecule has 1 fully saturated rings. The molecule has 0 unspecified atom stereocenters. The van der Waals surface area contributed by atoms with Crippen LogP contribution in [0.3, 0.4) is 0 Å². The number of aromatic nitrogens is 6.